The third-order valence-electron chi connectivity index (χ3n) is 3.16. The average molecular weight is 185 g/mol. The Morgan fingerprint density at radius 2 is 1.85 bits per heavy atom. The van der Waals surface area contributed by atoms with Gasteiger partial charge in [-0.3, -0.25) is 4.90 Å². The molecule has 76 valence electrons. The molecule has 0 amide bonds. The van der Waals surface area contributed by atoms with Crippen molar-refractivity contribution in [3.63, 3.8) is 0 Å². The molecule has 0 aromatic carbocycles. The summed E-state index contributed by atoms with van der Waals surface area (Å²) >= 11 is 0. The van der Waals surface area contributed by atoms with Gasteiger partial charge >= 0.3 is 0 Å². The second-order valence-electron chi connectivity index (χ2n) is 4.13. The molecule has 2 atom stereocenters. The number of likely N-dealkylation sites (N-methyl/N-ethyl adjacent to an activating group) is 1. The van der Waals surface area contributed by atoms with Crippen LogP contribution in [0.3, 0.4) is 0 Å². The number of hydrogen-bond donors (Lipinski definition) is 2. The Labute approximate surface area is 79.5 Å². The lowest BCUT2D eigenvalue weighted by molar-refractivity contribution is 0.0512. The molecule has 4 heteroatoms. The zero-order chi connectivity index (χ0) is 9.26. The summed E-state index contributed by atoms with van der Waals surface area (Å²) in [6, 6.07) is 0.355. The van der Waals surface area contributed by atoms with Crippen LogP contribution in [0.2, 0.25) is 0 Å². The molecule has 0 aliphatic carbocycles. The molecule has 0 aromatic rings. The van der Waals surface area contributed by atoms with Gasteiger partial charge in [-0.15, -0.1) is 0 Å². The number of hydrogen-bond acceptors (Lipinski definition) is 4. The highest BCUT2D eigenvalue weighted by atomic mass is 16.3. The third-order valence-corrected chi connectivity index (χ3v) is 3.16. The van der Waals surface area contributed by atoms with Gasteiger partial charge in [0.1, 0.15) is 0 Å². The van der Waals surface area contributed by atoms with E-state index in [-0.39, 0.29) is 6.10 Å². The van der Waals surface area contributed by atoms with Crippen molar-refractivity contribution >= 4 is 0 Å². The van der Waals surface area contributed by atoms with Crippen LogP contribution in [0.4, 0.5) is 0 Å². The molecule has 2 aliphatic heterocycles. The van der Waals surface area contributed by atoms with Gasteiger partial charge in [-0.1, -0.05) is 0 Å². The molecule has 13 heavy (non-hydrogen) atoms. The van der Waals surface area contributed by atoms with Gasteiger partial charge in [-0.2, -0.15) is 0 Å². The minimum Gasteiger partial charge on any atom is -0.390 e. The summed E-state index contributed by atoms with van der Waals surface area (Å²) in [5.41, 5.74) is 0. The summed E-state index contributed by atoms with van der Waals surface area (Å²) in [4.78, 5) is 4.75. The van der Waals surface area contributed by atoms with Gasteiger partial charge in [-0.05, 0) is 7.05 Å². The summed E-state index contributed by atoms with van der Waals surface area (Å²) in [6.07, 6.45) is -0.164. The van der Waals surface area contributed by atoms with Crippen LogP contribution in [0, 0.1) is 0 Å². The lowest BCUT2D eigenvalue weighted by Crippen LogP contribution is -2.52. The van der Waals surface area contributed by atoms with Gasteiger partial charge in [0.05, 0.1) is 6.10 Å². The molecule has 2 heterocycles. The molecule has 2 fully saturated rings. The first-order valence-corrected chi connectivity index (χ1v) is 5.09. The molecule has 2 saturated heterocycles. The first-order valence-electron chi connectivity index (χ1n) is 5.09. The summed E-state index contributed by atoms with van der Waals surface area (Å²) in [5.74, 6) is 0. The monoisotopic (exact) mass is 185 g/mol. The minimum absolute atomic E-state index is 0.164. The molecule has 0 radical (unpaired) electrons. The molecule has 2 aliphatic rings. The Hall–Kier alpha value is -0.160. The first kappa shape index (κ1) is 9.40. The fourth-order valence-electron chi connectivity index (χ4n) is 2.18. The lowest BCUT2D eigenvalue weighted by atomic mass is 10.1. The summed E-state index contributed by atoms with van der Waals surface area (Å²) < 4.78 is 0. The molecule has 2 N–H and O–H groups in total. The molecule has 0 spiro atoms. The molecular weight excluding hydrogens is 166 g/mol. The van der Waals surface area contributed by atoms with Crippen molar-refractivity contribution in [2.75, 3.05) is 46.3 Å². The number of rotatable bonds is 1. The maximum absolute atomic E-state index is 9.69. The van der Waals surface area contributed by atoms with Crippen LogP contribution in [0.25, 0.3) is 0 Å². The maximum Gasteiger partial charge on any atom is 0.0831 e. The molecule has 2 rings (SSSR count). The number of aliphatic hydroxyl groups is 1. The molecule has 0 aromatic heterocycles. The van der Waals surface area contributed by atoms with Gasteiger partial charge in [0.15, 0.2) is 0 Å². The van der Waals surface area contributed by atoms with Crippen molar-refractivity contribution < 1.29 is 5.11 Å². The SMILES string of the molecule is CN1CCN([C@H]2CNC[C@H]2O)CC1. The van der Waals surface area contributed by atoms with Crippen LogP contribution < -0.4 is 5.32 Å². The van der Waals surface area contributed by atoms with E-state index in [9.17, 15) is 5.11 Å². The molecule has 4 nitrogen and oxygen atoms in total. The number of β-amino-alcohol motifs (C(OH)–C–C–N with tert-alkyl or cyclic N) is 1. The normalized spacial score (nSPS) is 38.3. The van der Waals surface area contributed by atoms with Crippen molar-refractivity contribution in [3.8, 4) is 0 Å². The number of piperazine rings is 1. The first-order chi connectivity index (χ1) is 6.27. The van der Waals surface area contributed by atoms with E-state index in [0.717, 1.165) is 39.3 Å². The second-order valence-corrected chi connectivity index (χ2v) is 4.13. The highest BCUT2D eigenvalue weighted by molar-refractivity contribution is 4.90. The van der Waals surface area contributed by atoms with Gasteiger partial charge in [0, 0.05) is 45.3 Å². The highest BCUT2D eigenvalue weighted by Gasteiger charge is 2.31. The van der Waals surface area contributed by atoms with Crippen LogP contribution in [0.1, 0.15) is 0 Å². The van der Waals surface area contributed by atoms with Gasteiger partial charge in [0.25, 0.3) is 0 Å². The van der Waals surface area contributed by atoms with Crippen LogP contribution in [0.15, 0.2) is 0 Å². The highest BCUT2D eigenvalue weighted by Crippen LogP contribution is 2.11. The van der Waals surface area contributed by atoms with E-state index in [1.807, 2.05) is 0 Å². The van der Waals surface area contributed by atoms with E-state index in [0.29, 0.717) is 6.04 Å². The van der Waals surface area contributed by atoms with E-state index in [2.05, 4.69) is 22.2 Å². The Bertz CT molecular complexity index is 168. The Kier molecular flexibility index (Phi) is 2.83. The molecule has 0 saturated carbocycles. The predicted octanol–water partition coefficient (Wildman–Crippen LogP) is -1.43. The Morgan fingerprint density at radius 1 is 1.15 bits per heavy atom. The van der Waals surface area contributed by atoms with E-state index in [4.69, 9.17) is 0 Å². The fourth-order valence-corrected chi connectivity index (χ4v) is 2.18. The predicted molar refractivity (Wildman–Crippen MR) is 51.7 cm³/mol. The van der Waals surface area contributed by atoms with Crippen LogP contribution in [-0.4, -0.2) is 73.4 Å². The number of aliphatic hydroxyl groups excluding tert-OH is 1. The molecule has 0 bridgehead atoms. The van der Waals surface area contributed by atoms with E-state index >= 15 is 0 Å². The molecule has 0 unspecified atom stereocenters. The zero-order valence-corrected chi connectivity index (χ0v) is 8.24. The van der Waals surface area contributed by atoms with Crippen molar-refractivity contribution in [1.29, 1.82) is 0 Å². The standard InChI is InChI=1S/C9H19N3O/c1-11-2-4-12(5-3-11)8-6-10-7-9(8)13/h8-10,13H,2-7H2,1H3/t8-,9+/m0/s1. The average Bonchev–Trinajstić information content (AvgIpc) is 2.53. The quantitative estimate of drug-likeness (QED) is 0.525. The van der Waals surface area contributed by atoms with Crippen molar-refractivity contribution in [2.45, 2.75) is 12.1 Å². The van der Waals surface area contributed by atoms with Gasteiger partial charge < -0.3 is 15.3 Å². The third kappa shape index (κ3) is 2.02. The number of nitrogens with zero attached hydrogens (tertiary/aromatic N) is 2. The Balaban J connectivity index is 1.86. The van der Waals surface area contributed by atoms with Crippen LogP contribution in [-0.2, 0) is 0 Å². The molecular formula is C9H19N3O. The number of nitrogens with one attached hydrogen (secondary N) is 1. The van der Waals surface area contributed by atoms with Crippen molar-refractivity contribution in [3.05, 3.63) is 0 Å². The largest absolute Gasteiger partial charge is 0.390 e. The summed E-state index contributed by atoms with van der Waals surface area (Å²) in [6.45, 7) is 6.16. The minimum atomic E-state index is -0.164. The van der Waals surface area contributed by atoms with Crippen LogP contribution in [0.5, 0.6) is 0 Å². The fraction of sp³-hybridized carbons (Fsp3) is 1.00. The Morgan fingerprint density at radius 3 is 2.38 bits per heavy atom. The smallest absolute Gasteiger partial charge is 0.0831 e. The summed E-state index contributed by atoms with van der Waals surface area (Å²) in [7, 11) is 2.15. The van der Waals surface area contributed by atoms with Crippen molar-refractivity contribution in [2.24, 2.45) is 0 Å². The van der Waals surface area contributed by atoms with E-state index < -0.39 is 0 Å². The lowest BCUT2D eigenvalue weighted by Gasteiger charge is -2.37. The topological polar surface area (TPSA) is 38.7 Å². The second kappa shape index (κ2) is 3.92. The van der Waals surface area contributed by atoms with Crippen molar-refractivity contribution in [1.82, 2.24) is 15.1 Å². The van der Waals surface area contributed by atoms with E-state index in [1.54, 1.807) is 0 Å². The van der Waals surface area contributed by atoms with Crippen LogP contribution >= 0.6 is 0 Å². The van der Waals surface area contributed by atoms with Gasteiger partial charge in [0.2, 0.25) is 0 Å². The summed E-state index contributed by atoms with van der Waals surface area (Å²) in [5, 5.41) is 12.9. The van der Waals surface area contributed by atoms with E-state index in [1.165, 1.54) is 0 Å². The zero-order valence-electron chi connectivity index (χ0n) is 8.24. The maximum atomic E-state index is 9.69. The van der Waals surface area contributed by atoms with Gasteiger partial charge in [-0.25, -0.2) is 0 Å².